The van der Waals surface area contributed by atoms with Crippen LogP contribution in [0.4, 0.5) is 0 Å². The first-order valence-electron chi connectivity index (χ1n) is 8.99. The molecule has 1 aliphatic heterocycles. The average molecular weight is 407 g/mol. The summed E-state index contributed by atoms with van der Waals surface area (Å²) < 4.78 is 27.1. The molecule has 0 aromatic heterocycles. The maximum Gasteiger partial charge on any atom is 0.243 e. The smallest absolute Gasteiger partial charge is 0.243 e. The Kier molecular flexibility index (Phi) is 6.19. The van der Waals surface area contributed by atoms with Crippen LogP contribution in [0.5, 0.6) is 0 Å². The molecule has 5 nitrogen and oxygen atoms in total. The molecule has 2 aromatic carbocycles. The van der Waals surface area contributed by atoms with E-state index < -0.39 is 16.1 Å². The number of halogens is 1. The summed E-state index contributed by atoms with van der Waals surface area (Å²) in [6.45, 7) is 2.28. The third-order valence-electron chi connectivity index (χ3n) is 4.70. The molecule has 0 aliphatic carbocycles. The van der Waals surface area contributed by atoms with E-state index in [1.165, 1.54) is 4.31 Å². The van der Waals surface area contributed by atoms with E-state index >= 15 is 0 Å². The highest BCUT2D eigenvalue weighted by atomic mass is 35.5. The molecule has 2 atom stereocenters. The van der Waals surface area contributed by atoms with Gasteiger partial charge in [-0.05, 0) is 56.0 Å². The van der Waals surface area contributed by atoms with Gasteiger partial charge in [0.2, 0.25) is 15.9 Å². The van der Waals surface area contributed by atoms with Crippen LogP contribution in [-0.4, -0.2) is 37.3 Å². The molecule has 27 heavy (non-hydrogen) atoms. The van der Waals surface area contributed by atoms with Gasteiger partial charge in [-0.15, -0.1) is 0 Å². The molecule has 144 valence electrons. The summed E-state index contributed by atoms with van der Waals surface area (Å²) in [5.74, 6) is -0.242. The first kappa shape index (κ1) is 19.9. The van der Waals surface area contributed by atoms with E-state index in [0.29, 0.717) is 30.8 Å². The minimum Gasteiger partial charge on any atom is -0.352 e. The molecule has 0 bridgehead atoms. The molecular weight excluding hydrogens is 384 g/mol. The summed E-state index contributed by atoms with van der Waals surface area (Å²) in [6, 6.07) is 15.0. The molecule has 1 amide bonds. The topological polar surface area (TPSA) is 66.5 Å². The summed E-state index contributed by atoms with van der Waals surface area (Å²) in [7, 11) is -3.67. The molecular formula is C20H23ClN2O3S. The summed E-state index contributed by atoms with van der Waals surface area (Å²) in [6.07, 6.45) is 1.86. The molecule has 1 aliphatic rings. The molecule has 0 unspecified atom stereocenters. The maximum atomic E-state index is 12.9. The van der Waals surface area contributed by atoms with Crippen LogP contribution >= 0.6 is 11.6 Å². The molecule has 2 aromatic rings. The normalized spacial score (nSPS) is 19.0. The van der Waals surface area contributed by atoms with Crippen LogP contribution in [-0.2, 0) is 21.2 Å². The second-order valence-electron chi connectivity index (χ2n) is 6.83. The van der Waals surface area contributed by atoms with Gasteiger partial charge in [0.05, 0.1) is 4.90 Å². The highest BCUT2D eigenvalue weighted by Crippen LogP contribution is 2.26. The van der Waals surface area contributed by atoms with E-state index in [1.54, 1.807) is 30.3 Å². The second kappa shape index (κ2) is 8.42. The van der Waals surface area contributed by atoms with E-state index in [4.69, 9.17) is 11.6 Å². The monoisotopic (exact) mass is 406 g/mol. The number of hydrogen-bond acceptors (Lipinski definition) is 3. The first-order valence-corrected chi connectivity index (χ1v) is 10.8. The minimum atomic E-state index is -3.67. The summed E-state index contributed by atoms with van der Waals surface area (Å²) >= 11 is 5.90. The van der Waals surface area contributed by atoms with E-state index in [2.05, 4.69) is 5.32 Å². The second-order valence-corrected chi connectivity index (χ2v) is 9.15. The van der Waals surface area contributed by atoms with E-state index in [0.717, 1.165) is 5.56 Å². The van der Waals surface area contributed by atoms with Crippen LogP contribution in [0.3, 0.4) is 0 Å². The summed E-state index contributed by atoms with van der Waals surface area (Å²) in [4.78, 5) is 13.0. The number of amides is 1. The lowest BCUT2D eigenvalue weighted by Gasteiger charge is -2.25. The predicted octanol–water partition coefficient (Wildman–Crippen LogP) is 3.24. The van der Waals surface area contributed by atoms with E-state index in [9.17, 15) is 13.2 Å². The molecule has 3 rings (SSSR count). The van der Waals surface area contributed by atoms with Crippen molar-refractivity contribution < 1.29 is 13.2 Å². The number of benzene rings is 2. The van der Waals surface area contributed by atoms with Crippen molar-refractivity contribution in [2.45, 2.75) is 43.2 Å². The van der Waals surface area contributed by atoms with Crippen LogP contribution < -0.4 is 5.32 Å². The van der Waals surface area contributed by atoms with Gasteiger partial charge in [0.15, 0.2) is 0 Å². The zero-order chi connectivity index (χ0) is 19.4. The SMILES string of the molecule is C[C@H](Cc1ccc(Cl)cc1)NC(=O)[C@H]1CCCN1S(=O)(=O)c1ccccc1. The lowest BCUT2D eigenvalue weighted by Crippen LogP contribution is -2.48. The number of nitrogens with zero attached hydrogens (tertiary/aromatic N) is 1. The standard InChI is InChI=1S/C20H23ClN2O3S/c1-15(14-16-9-11-17(21)12-10-16)22-20(24)19-8-5-13-23(19)27(25,26)18-6-3-2-4-7-18/h2-4,6-7,9-12,15,19H,5,8,13-14H2,1H3,(H,22,24)/t15-,19-/m1/s1. The molecule has 0 radical (unpaired) electrons. The van der Waals surface area contributed by atoms with Gasteiger partial charge in [-0.3, -0.25) is 4.79 Å². The molecule has 0 saturated carbocycles. The molecule has 1 heterocycles. The van der Waals surface area contributed by atoms with Crippen molar-refractivity contribution >= 4 is 27.5 Å². The Hall–Kier alpha value is -1.89. The van der Waals surface area contributed by atoms with Crippen molar-refractivity contribution in [3.8, 4) is 0 Å². The molecule has 0 spiro atoms. The minimum absolute atomic E-state index is 0.111. The van der Waals surface area contributed by atoms with Crippen molar-refractivity contribution in [2.24, 2.45) is 0 Å². The lowest BCUT2D eigenvalue weighted by atomic mass is 10.1. The molecule has 1 saturated heterocycles. The van der Waals surface area contributed by atoms with Gasteiger partial charge in [0.25, 0.3) is 0 Å². The highest BCUT2D eigenvalue weighted by Gasteiger charge is 2.39. The maximum absolute atomic E-state index is 12.9. The Morgan fingerprint density at radius 2 is 1.85 bits per heavy atom. The Bertz CT molecular complexity index is 885. The fourth-order valence-corrected chi connectivity index (χ4v) is 5.19. The van der Waals surface area contributed by atoms with Crippen molar-refractivity contribution in [3.05, 3.63) is 65.2 Å². The van der Waals surface area contributed by atoms with Gasteiger partial charge in [-0.25, -0.2) is 8.42 Å². The van der Waals surface area contributed by atoms with Crippen LogP contribution in [0.15, 0.2) is 59.5 Å². The Morgan fingerprint density at radius 3 is 2.52 bits per heavy atom. The Morgan fingerprint density at radius 1 is 1.19 bits per heavy atom. The van der Waals surface area contributed by atoms with Crippen LogP contribution in [0.25, 0.3) is 0 Å². The van der Waals surface area contributed by atoms with Gasteiger partial charge >= 0.3 is 0 Å². The predicted molar refractivity (Wildman–Crippen MR) is 106 cm³/mol. The third-order valence-corrected chi connectivity index (χ3v) is 6.87. The zero-order valence-corrected chi connectivity index (χ0v) is 16.7. The van der Waals surface area contributed by atoms with Crippen molar-refractivity contribution in [2.75, 3.05) is 6.54 Å². The van der Waals surface area contributed by atoms with Gasteiger partial charge < -0.3 is 5.32 Å². The number of hydrogen-bond donors (Lipinski definition) is 1. The molecule has 7 heteroatoms. The van der Waals surface area contributed by atoms with Crippen LogP contribution in [0.1, 0.15) is 25.3 Å². The fraction of sp³-hybridized carbons (Fsp3) is 0.350. The quantitative estimate of drug-likeness (QED) is 0.800. The number of carbonyl (C=O) groups is 1. The fourth-order valence-electron chi connectivity index (χ4n) is 3.38. The van der Waals surface area contributed by atoms with Crippen molar-refractivity contribution in [1.29, 1.82) is 0 Å². The van der Waals surface area contributed by atoms with Crippen molar-refractivity contribution in [3.63, 3.8) is 0 Å². The highest BCUT2D eigenvalue weighted by molar-refractivity contribution is 7.89. The molecule has 1 N–H and O–H groups in total. The Labute approximate surface area is 165 Å². The van der Waals surface area contributed by atoms with Gasteiger partial charge in [0, 0.05) is 17.6 Å². The third kappa shape index (κ3) is 4.69. The number of sulfonamides is 1. The van der Waals surface area contributed by atoms with Gasteiger partial charge in [-0.1, -0.05) is 41.9 Å². The summed E-state index contributed by atoms with van der Waals surface area (Å²) in [5, 5.41) is 3.63. The largest absolute Gasteiger partial charge is 0.352 e. The van der Waals surface area contributed by atoms with Crippen LogP contribution in [0.2, 0.25) is 5.02 Å². The van der Waals surface area contributed by atoms with Gasteiger partial charge in [0.1, 0.15) is 6.04 Å². The van der Waals surface area contributed by atoms with E-state index in [1.807, 2.05) is 31.2 Å². The van der Waals surface area contributed by atoms with E-state index in [-0.39, 0.29) is 16.8 Å². The number of rotatable bonds is 6. The van der Waals surface area contributed by atoms with Crippen LogP contribution in [0, 0.1) is 0 Å². The lowest BCUT2D eigenvalue weighted by molar-refractivity contribution is -0.124. The first-order chi connectivity index (χ1) is 12.9. The number of carbonyl (C=O) groups excluding carboxylic acids is 1. The summed E-state index contributed by atoms with van der Waals surface area (Å²) in [5.41, 5.74) is 1.06. The number of nitrogens with one attached hydrogen (secondary N) is 1. The van der Waals surface area contributed by atoms with Gasteiger partial charge in [-0.2, -0.15) is 4.31 Å². The zero-order valence-electron chi connectivity index (χ0n) is 15.1. The average Bonchev–Trinajstić information content (AvgIpc) is 3.15. The molecule has 1 fully saturated rings. The Balaban J connectivity index is 1.67. The van der Waals surface area contributed by atoms with Crippen molar-refractivity contribution in [1.82, 2.24) is 9.62 Å².